The van der Waals surface area contributed by atoms with Gasteiger partial charge < -0.3 is 24.8 Å². The first kappa shape index (κ1) is 10.9. The average Bonchev–Trinajstić information content (AvgIpc) is 2.13. The molecule has 5 atom stereocenters. The smallest absolute Gasteiger partial charge is 0.114 e. The maximum absolute atomic E-state index is 9.54. The number of aliphatic hydroxyl groups is 3. The largest absolute Gasteiger partial charge is 0.394 e. The molecule has 1 saturated heterocycles. The van der Waals surface area contributed by atoms with Gasteiger partial charge in [-0.05, 0) is 6.92 Å². The Labute approximate surface area is 76.9 Å². The van der Waals surface area contributed by atoms with E-state index >= 15 is 0 Å². The van der Waals surface area contributed by atoms with Gasteiger partial charge in [-0.15, -0.1) is 0 Å². The van der Waals surface area contributed by atoms with Crippen molar-refractivity contribution in [2.75, 3.05) is 13.7 Å². The molecule has 0 amide bonds. The van der Waals surface area contributed by atoms with Gasteiger partial charge in [-0.3, -0.25) is 0 Å². The molecule has 5 nitrogen and oxygen atoms in total. The van der Waals surface area contributed by atoms with Gasteiger partial charge in [0, 0.05) is 7.11 Å². The molecule has 0 aliphatic carbocycles. The molecular weight excluding hydrogens is 176 g/mol. The minimum atomic E-state index is -1.01. The van der Waals surface area contributed by atoms with Gasteiger partial charge in [-0.25, -0.2) is 0 Å². The van der Waals surface area contributed by atoms with E-state index in [4.69, 9.17) is 14.6 Å². The summed E-state index contributed by atoms with van der Waals surface area (Å²) in [5.74, 6) is 0. The second kappa shape index (κ2) is 4.34. The van der Waals surface area contributed by atoms with Crippen molar-refractivity contribution in [1.82, 2.24) is 0 Å². The van der Waals surface area contributed by atoms with E-state index in [2.05, 4.69) is 0 Å². The van der Waals surface area contributed by atoms with Crippen LogP contribution in [0.15, 0.2) is 0 Å². The fourth-order valence-electron chi connectivity index (χ4n) is 1.56. The van der Waals surface area contributed by atoms with Crippen LogP contribution in [0.25, 0.3) is 0 Å². The molecule has 3 N–H and O–H groups in total. The lowest BCUT2D eigenvalue weighted by molar-refractivity contribution is -0.231. The molecule has 2 unspecified atom stereocenters. The van der Waals surface area contributed by atoms with Crippen molar-refractivity contribution < 1.29 is 24.8 Å². The zero-order valence-electron chi connectivity index (χ0n) is 7.75. The lowest BCUT2D eigenvalue weighted by Gasteiger charge is -2.40. The Bertz CT molecular complexity index is 161. The number of hydrogen-bond donors (Lipinski definition) is 3. The molecular formula is C8H16O5. The number of ether oxygens (including phenoxy) is 2. The molecule has 78 valence electrons. The van der Waals surface area contributed by atoms with Crippen LogP contribution >= 0.6 is 0 Å². The van der Waals surface area contributed by atoms with Crippen LogP contribution in [0.4, 0.5) is 0 Å². The van der Waals surface area contributed by atoms with E-state index < -0.39 is 30.5 Å². The normalized spacial score (nSPS) is 46.4. The summed E-state index contributed by atoms with van der Waals surface area (Å²) in [6.07, 6.45) is -3.70. The van der Waals surface area contributed by atoms with Crippen molar-refractivity contribution in [3.8, 4) is 0 Å². The fraction of sp³-hybridized carbons (Fsp3) is 1.00. The van der Waals surface area contributed by atoms with Crippen LogP contribution in [0.1, 0.15) is 6.92 Å². The van der Waals surface area contributed by atoms with Crippen LogP contribution in [0.5, 0.6) is 0 Å². The Morgan fingerprint density at radius 3 is 2.38 bits per heavy atom. The molecule has 0 aromatic heterocycles. The standard InChI is InChI=1S/C8H16O5/c1-4-6(10)7(11)8(12-2)5(3-9)13-4/h4-11H,3H2,1-2H3/t4-,5?,6-,7?,8+/m1/s1. The third-order valence-corrected chi connectivity index (χ3v) is 2.38. The highest BCUT2D eigenvalue weighted by Gasteiger charge is 2.42. The van der Waals surface area contributed by atoms with Gasteiger partial charge in [0.05, 0.1) is 12.7 Å². The summed E-state index contributed by atoms with van der Waals surface area (Å²) in [6, 6.07) is 0. The van der Waals surface area contributed by atoms with Crippen molar-refractivity contribution >= 4 is 0 Å². The Morgan fingerprint density at radius 2 is 1.92 bits per heavy atom. The lowest BCUT2D eigenvalue weighted by Crippen LogP contribution is -2.58. The molecule has 1 heterocycles. The summed E-state index contributed by atoms with van der Waals surface area (Å²) in [4.78, 5) is 0. The predicted molar refractivity (Wildman–Crippen MR) is 44.2 cm³/mol. The monoisotopic (exact) mass is 192 g/mol. The number of rotatable bonds is 2. The van der Waals surface area contributed by atoms with Crippen molar-refractivity contribution in [3.63, 3.8) is 0 Å². The van der Waals surface area contributed by atoms with E-state index in [0.29, 0.717) is 0 Å². The van der Waals surface area contributed by atoms with Crippen LogP contribution in [0, 0.1) is 0 Å². The maximum atomic E-state index is 9.54. The zero-order chi connectivity index (χ0) is 10.0. The molecule has 5 heteroatoms. The molecule has 0 aromatic carbocycles. The number of methoxy groups -OCH3 is 1. The van der Waals surface area contributed by atoms with E-state index in [1.807, 2.05) is 0 Å². The fourth-order valence-corrected chi connectivity index (χ4v) is 1.56. The number of aliphatic hydroxyl groups excluding tert-OH is 3. The van der Waals surface area contributed by atoms with E-state index in [1.54, 1.807) is 6.92 Å². The van der Waals surface area contributed by atoms with E-state index in [0.717, 1.165) is 0 Å². The van der Waals surface area contributed by atoms with E-state index in [1.165, 1.54) is 7.11 Å². The lowest BCUT2D eigenvalue weighted by atomic mass is 9.96. The molecule has 1 rings (SSSR count). The summed E-state index contributed by atoms with van der Waals surface area (Å²) in [7, 11) is 1.41. The van der Waals surface area contributed by atoms with Gasteiger partial charge in [0.15, 0.2) is 0 Å². The Balaban J connectivity index is 2.69. The zero-order valence-corrected chi connectivity index (χ0v) is 7.75. The quantitative estimate of drug-likeness (QED) is 0.496. The molecule has 0 spiro atoms. The van der Waals surface area contributed by atoms with Crippen LogP contribution in [-0.2, 0) is 9.47 Å². The summed E-state index contributed by atoms with van der Waals surface area (Å²) >= 11 is 0. The summed E-state index contributed by atoms with van der Waals surface area (Å²) < 4.78 is 10.2. The van der Waals surface area contributed by atoms with Gasteiger partial charge in [0.25, 0.3) is 0 Å². The van der Waals surface area contributed by atoms with Crippen LogP contribution in [0.3, 0.4) is 0 Å². The first-order valence-corrected chi connectivity index (χ1v) is 4.27. The first-order valence-electron chi connectivity index (χ1n) is 4.27. The second-order valence-corrected chi connectivity index (χ2v) is 3.24. The van der Waals surface area contributed by atoms with E-state index in [-0.39, 0.29) is 6.61 Å². The summed E-state index contributed by atoms with van der Waals surface area (Å²) in [6.45, 7) is 1.41. The minimum absolute atomic E-state index is 0.230. The third-order valence-electron chi connectivity index (χ3n) is 2.38. The molecule has 13 heavy (non-hydrogen) atoms. The van der Waals surface area contributed by atoms with Gasteiger partial charge in [0.1, 0.15) is 24.4 Å². The second-order valence-electron chi connectivity index (χ2n) is 3.24. The average molecular weight is 192 g/mol. The first-order chi connectivity index (χ1) is 6.11. The molecule has 1 fully saturated rings. The molecule has 1 aliphatic rings. The molecule has 0 aromatic rings. The highest BCUT2D eigenvalue weighted by molar-refractivity contribution is 4.91. The Kier molecular flexibility index (Phi) is 3.63. The van der Waals surface area contributed by atoms with Crippen molar-refractivity contribution in [1.29, 1.82) is 0 Å². The Morgan fingerprint density at radius 1 is 1.31 bits per heavy atom. The predicted octanol–water partition coefficient (Wildman–Crippen LogP) is -1.50. The third kappa shape index (κ3) is 2.00. The van der Waals surface area contributed by atoms with Gasteiger partial charge in [-0.1, -0.05) is 0 Å². The topological polar surface area (TPSA) is 79.2 Å². The SMILES string of the molecule is CO[C@H]1C(CO)O[C@H](C)[C@@H](O)C1O. The van der Waals surface area contributed by atoms with Crippen LogP contribution in [-0.4, -0.2) is 59.6 Å². The molecule has 0 saturated carbocycles. The van der Waals surface area contributed by atoms with Gasteiger partial charge in [-0.2, -0.15) is 0 Å². The molecule has 0 radical (unpaired) electrons. The minimum Gasteiger partial charge on any atom is -0.394 e. The highest BCUT2D eigenvalue weighted by Crippen LogP contribution is 2.22. The highest BCUT2D eigenvalue weighted by atomic mass is 16.6. The number of hydrogen-bond acceptors (Lipinski definition) is 5. The van der Waals surface area contributed by atoms with Gasteiger partial charge in [0.2, 0.25) is 0 Å². The maximum Gasteiger partial charge on any atom is 0.114 e. The molecule has 1 aliphatic heterocycles. The van der Waals surface area contributed by atoms with Crippen molar-refractivity contribution in [2.45, 2.75) is 37.4 Å². The van der Waals surface area contributed by atoms with Crippen molar-refractivity contribution in [3.05, 3.63) is 0 Å². The van der Waals surface area contributed by atoms with Crippen LogP contribution < -0.4 is 0 Å². The Hall–Kier alpha value is -0.200. The summed E-state index contributed by atoms with van der Waals surface area (Å²) in [5.41, 5.74) is 0. The van der Waals surface area contributed by atoms with Gasteiger partial charge >= 0.3 is 0 Å². The summed E-state index contributed by atoms with van der Waals surface area (Å²) in [5, 5.41) is 27.9. The van der Waals surface area contributed by atoms with Crippen LogP contribution in [0.2, 0.25) is 0 Å². The van der Waals surface area contributed by atoms with Crippen molar-refractivity contribution in [2.24, 2.45) is 0 Å². The molecule has 0 bridgehead atoms. The van der Waals surface area contributed by atoms with E-state index in [9.17, 15) is 10.2 Å².